The van der Waals surface area contributed by atoms with Crippen molar-refractivity contribution in [2.45, 2.75) is 50.7 Å². The standard InChI is InChI=1S/C27H36N6O2/c1-34-23-12-13-24(25(20-23)35-2)26(32-18-16-31(17-19-32)22-10-6-7-11-22)27-28-29-30-33(27)15-14-21-8-4-3-5-9-21/h3-5,8-9,12-13,20,22,26H,6-7,10-11,14-19H2,1-2H3/t26-/m1/s1. The van der Waals surface area contributed by atoms with Gasteiger partial charge in [0.05, 0.1) is 14.2 Å². The summed E-state index contributed by atoms with van der Waals surface area (Å²) in [5, 5.41) is 13.1. The zero-order chi connectivity index (χ0) is 24.0. The Labute approximate surface area is 207 Å². The highest BCUT2D eigenvalue weighted by Crippen LogP contribution is 2.37. The maximum Gasteiger partial charge on any atom is 0.173 e. The molecule has 2 fully saturated rings. The fourth-order valence-electron chi connectivity index (χ4n) is 5.62. The van der Waals surface area contributed by atoms with Crippen molar-refractivity contribution in [3.63, 3.8) is 0 Å². The molecule has 5 rings (SSSR count). The first-order chi connectivity index (χ1) is 17.3. The molecule has 35 heavy (non-hydrogen) atoms. The Morgan fingerprint density at radius 3 is 2.43 bits per heavy atom. The quantitative estimate of drug-likeness (QED) is 0.468. The summed E-state index contributed by atoms with van der Waals surface area (Å²) in [5.41, 5.74) is 2.34. The summed E-state index contributed by atoms with van der Waals surface area (Å²) in [6.45, 7) is 4.82. The lowest BCUT2D eigenvalue weighted by molar-refractivity contribution is 0.0763. The van der Waals surface area contributed by atoms with Gasteiger partial charge in [0.15, 0.2) is 5.82 Å². The van der Waals surface area contributed by atoms with E-state index in [0.29, 0.717) is 0 Å². The van der Waals surface area contributed by atoms with Crippen molar-refractivity contribution in [2.24, 2.45) is 0 Å². The minimum absolute atomic E-state index is 0.0904. The van der Waals surface area contributed by atoms with Crippen LogP contribution in [0, 0.1) is 0 Å². The van der Waals surface area contributed by atoms with Crippen LogP contribution in [0.1, 0.15) is 48.7 Å². The van der Waals surface area contributed by atoms with Crippen molar-refractivity contribution in [1.82, 2.24) is 30.0 Å². The van der Waals surface area contributed by atoms with E-state index in [9.17, 15) is 0 Å². The highest BCUT2D eigenvalue weighted by atomic mass is 16.5. The highest BCUT2D eigenvalue weighted by Gasteiger charge is 2.34. The number of aryl methyl sites for hydroxylation is 2. The summed E-state index contributed by atoms with van der Waals surface area (Å²) in [6.07, 6.45) is 6.29. The van der Waals surface area contributed by atoms with E-state index in [-0.39, 0.29) is 6.04 Å². The van der Waals surface area contributed by atoms with Crippen LogP contribution < -0.4 is 9.47 Å². The van der Waals surface area contributed by atoms with Crippen molar-refractivity contribution >= 4 is 0 Å². The minimum atomic E-state index is -0.0904. The van der Waals surface area contributed by atoms with Gasteiger partial charge in [-0.2, -0.15) is 0 Å². The average Bonchev–Trinajstić information content (AvgIpc) is 3.62. The highest BCUT2D eigenvalue weighted by molar-refractivity contribution is 5.44. The molecule has 2 aromatic carbocycles. The van der Waals surface area contributed by atoms with E-state index in [1.807, 2.05) is 22.9 Å². The van der Waals surface area contributed by atoms with E-state index < -0.39 is 0 Å². The van der Waals surface area contributed by atoms with E-state index in [2.05, 4.69) is 55.7 Å². The van der Waals surface area contributed by atoms with Gasteiger partial charge in [-0.1, -0.05) is 43.2 Å². The first-order valence-electron chi connectivity index (χ1n) is 12.8. The molecule has 0 radical (unpaired) electrons. The van der Waals surface area contributed by atoms with Crippen LogP contribution in [0.3, 0.4) is 0 Å². The molecule has 1 aliphatic carbocycles. The summed E-state index contributed by atoms with van der Waals surface area (Å²) >= 11 is 0. The van der Waals surface area contributed by atoms with Crippen molar-refractivity contribution in [3.05, 3.63) is 65.5 Å². The van der Waals surface area contributed by atoms with E-state index in [0.717, 1.165) is 68.1 Å². The van der Waals surface area contributed by atoms with Gasteiger partial charge in [0, 0.05) is 50.4 Å². The summed E-state index contributed by atoms with van der Waals surface area (Å²) in [7, 11) is 3.39. The monoisotopic (exact) mass is 476 g/mol. The largest absolute Gasteiger partial charge is 0.497 e. The van der Waals surface area contributed by atoms with Crippen molar-refractivity contribution in [3.8, 4) is 11.5 Å². The maximum absolute atomic E-state index is 5.83. The van der Waals surface area contributed by atoms with Crippen molar-refractivity contribution in [1.29, 1.82) is 0 Å². The first kappa shape index (κ1) is 23.8. The predicted octanol–water partition coefficient (Wildman–Crippen LogP) is 3.58. The zero-order valence-corrected chi connectivity index (χ0v) is 20.8. The van der Waals surface area contributed by atoms with Gasteiger partial charge in [-0.3, -0.25) is 9.80 Å². The molecule has 186 valence electrons. The Balaban J connectivity index is 1.43. The molecule has 0 spiro atoms. The normalized spacial score (nSPS) is 18.6. The van der Waals surface area contributed by atoms with Gasteiger partial charge in [-0.05, 0) is 47.4 Å². The third-order valence-electron chi connectivity index (χ3n) is 7.55. The van der Waals surface area contributed by atoms with E-state index in [1.54, 1.807) is 14.2 Å². The van der Waals surface area contributed by atoms with Crippen LogP contribution in [0.4, 0.5) is 0 Å². The van der Waals surface area contributed by atoms with Crippen LogP contribution in [0.5, 0.6) is 11.5 Å². The molecular weight excluding hydrogens is 440 g/mol. The summed E-state index contributed by atoms with van der Waals surface area (Å²) in [4.78, 5) is 5.20. The molecule has 2 aliphatic rings. The molecule has 8 nitrogen and oxygen atoms in total. The second-order valence-electron chi connectivity index (χ2n) is 9.52. The number of methoxy groups -OCH3 is 2. The molecule has 1 aromatic heterocycles. The summed E-state index contributed by atoms with van der Waals surface area (Å²) < 4.78 is 13.3. The molecule has 0 N–H and O–H groups in total. The number of benzene rings is 2. The van der Waals surface area contributed by atoms with E-state index in [4.69, 9.17) is 9.47 Å². The Hall–Kier alpha value is -2.97. The molecule has 1 saturated carbocycles. The third kappa shape index (κ3) is 5.33. The topological polar surface area (TPSA) is 68.5 Å². The Morgan fingerprint density at radius 2 is 1.71 bits per heavy atom. The van der Waals surface area contributed by atoms with Gasteiger partial charge in [-0.25, -0.2) is 4.68 Å². The van der Waals surface area contributed by atoms with Gasteiger partial charge in [-0.15, -0.1) is 5.10 Å². The summed E-state index contributed by atoms with van der Waals surface area (Å²) in [6, 6.07) is 17.2. The molecule has 1 atom stereocenters. The number of ether oxygens (including phenoxy) is 2. The Kier molecular flexibility index (Phi) is 7.59. The third-order valence-corrected chi connectivity index (χ3v) is 7.55. The molecular formula is C27H36N6O2. The van der Waals surface area contributed by atoms with Gasteiger partial charge in [0.2, 0.25) is 0 Å². The molecule has 0 amide bonds. The van der Waals surface area contributed by atoms with Crippen LogP contribution in [-0.4, -0.2) is 76.4 Å². The SMILES string of the molecule is COc1ccc([C@H](c2nnnn2CCc2ccccc2)N2CCN(C3CCCC3)CC2)c(OC)c1. The summed E-state index contributed by atoms with van der Waals surface area (Å²) in [5.74, 6) is 2.43. The number of aromatic nitrogens is 4. The molecule has 1 aliphatic heterocycles. The van der Waals surface area contributed by atoms with Crippen LogP contribution in [0.25, 0.3) is 0 Å². The number of piperazine rings is 1. The zero-order valence-electron chi connectivity index (χ0n) is 20.8. The molecule has 1 saturated heterocycles. The van der Waals surface area contributed by atoms with Crippen molar-refractivity contribution < 1.29 is 9.47 Å². The lowest BCUT2D eigenvalue weighted by Gasteiger charge is -2.41. The average molecular weight is 477 g/mol. The molecule has 0 unspecified atom stereocenters. The number of hydrogen-bond acceptors (Lipinski definition) is 7. The Bertz CT molecular complexity index is 1070. The second-order valence-corrected chi connectivity index (χ2v) is 9.52. The molecule has 3 aromatic rings. The molecule has 0 bridgehead atoms. The van der Waals surface area contributed by atoms with E-state index in [1.165, 1.54) is 31.2 Å². The van der Waals surface area contributed by atoms with Gasteiger partial charge in [0.25, 0.3) is 0 Å². The predicted molar refractivity (Wildman–Crippen MR) is 135 cm³/mol. The van der Waals surface area contributed by atoms with Crippen LogP contribution in [0.2, 0.25) is 0 Å². The first-order valence-corrected chi connectivity index (χ1v) is 12.8. The fraction of sp³-hybridized carbons (Fsp3) is 0.519. The van der Waals surface area contributed by atoms with Gasteiger partial charge >= 0.3 is 0 Å². The smallest absolute Gasteiger partial charge is 0.173 e. The van der Waals surface area contributed by atoms with Crippen LogP contribution in [0.15, 0.2) is 48.5 Å². The lowest BCUT2D eigenvalue weighted by atomic mass is 10.0. The van der Waals surface area contributed by atoms with Crippen LogP contribution in [-0.2, 0) is 13.0 Å². The number of nitrogens with zero attached hydrogens (tertiary/aromatic N) is 6. The molecule has 8 heteroatoms. The lowest BCUT2D eigenvalue weighted by Crippen LogP contribution is -2.51. The maximum atomic E-state index is 5.83. The van der Waals surface area contributed by atoms with Crippen molar-refractivity contribution in [2.75, 3.05) is 40.4 Å². The molecule has 2 heterocycles. The Morgan fingerprint density at radius 1 is 0.943 bits per heavy atom. The number of tetrazole rings is 1. The van der Waals surface area contributed by atoms with Gasteiger partial charge in [0.1, 0.15) is 17.5 Å². The van der Waals surface area contributed by atoms with Gasteiger partial charge < -0.3 is 9.47 Å². The van der Waals surface area contributed by atoms with E-state index >= 15 is 0 Å². The fourth-order valence-corrected chi connectivity index (χ4v) is 5.62. The second kappa shape index (κ2) is 11.2. The van der Waals surface area contributed by atoms with Crippen LogP contribution >= 0.6 is 0 Å². The number of rotatable bonds is 9. The minimum Gasteiger partial charge on any atom is -0.497 e. The number of hydrogen-bond donors (Lipinski definition) is 0.